The van der Waals surface area contributed by atoms with Crippen LogP contribution in [0.25, 0.3) is 0 Å². The van der Waals surface area contributed by atoms with Crippen molar-refractivity contribution in [2.45, 2.75) is 78.1 Å². The highest BCUT2D eigenvalue weighted by atomic mass is 16.6. The van der Waals surface area contributed by atoms with Crippen molar-refractivity contribution in [3.05, 3.63) is 35.4 Å². The lowest BCUT2D eigenvalue weighted by Crippen LogP contribution is -2.55. The number of hydrogen-bond donors (Lipinski definition) is 3. The van der Waals surface area contributed by atoms with Gasteiger partial charge in [0.15, 0.2) is 0 Å². The SMILES string of the molecule is C#Cc1ccccc1C(C(=O)NC(C)(C)C)N(CC)C(=O)C(CC(N)=O)NC(=O)OC(C)(C)C. The Hall–Kier alpha value is -3.54. The average molecular weight is 473 g/mol. The van der Waals surface area contributed by atoms with Crippen LogP contribution in [0.2, 0.25) is 0 Å². The maximum absolute atomic E-state index is 13.6. The van der Waals surface area contributed by atoms with E-state index in [0.29, 0.717) is 11.1 Å². The molecule has 4 N–H and O–H groups in total. The van der Waals surface area contributed by atoms with E-state index >= 15 is 0 Å². The van der Waals surface area contributed by atoms with Crippen LogP contribution in [-0.2, 0) is 19.1 Å². The molecule has 0 aliphatic heterocycles. The summed E-state index contributed by atoms with van der Waals surface area (Å²) in [5, 5.41) is 5.30. The number of terminal acetylenes is 1. The Labute approximate surface area is 201 Å². The molecule has 186 valence electrons. The van der Waals surface area contributed by atoms with Crippen molar-refractivity contribution in [3.8, 4) is 12.3 Å². The van der Waals surface area contributed by atoms with Gasteiger partial charge in [0.05, 0.1) is 6.42 Å². The Morgan fingerprint density at radius 2 is 1.71 bits per heavy atom. The van der Waals surface area contributed by atoms with E-state index in [1.54, 1.807) is 52.0 Å². The summed E-state index contributed by atoms with van der Waals surface area (Å²) < 4.78 is 5.23. The second kappa shape index (κ2) is 11.5. The van der Waals surface area contributed by atoms with E-state index in [0.717, 1.165) is 0 Å². The third-order valence-corrected chi connectivity index (χ3v) is 4.49. The number of amides is 4. The summed E-state index contributed by atoms with van der Waals surface area (Å²) >= 11 is 0. The van der Waals surface area contributed by atoms with Gasteiger partial charge in [-0.25, -0.2) is 4.79 Å². The van der Waals surface area contributed by atoms with Crippen molar-refractivity contribution < 1.29 is 23.9 Å². The molecule has 34 heavy (non-hydrogen) atoms. The molecule has 2 unspecified atom stereocenters. The number of nitrogens with zero attached hydrogens (tertiary/aromatic N) is 1. The predicted molar refractivity (Wildman–Crippen MR) is 129 cm³/mol. The van der Waals surface area contributed by atoms with Crippen molar-refractivity contribution >= 4 is 23.8 Å². The van der Waals surface area contributed by atoms with Crippen LogP contribution in [0.5, 0.6) is 0 Å². The third kappa shape index (κ3) is 8.77. The minimum Gasteiger partial charge on any atom is -0.444 e. The molecule has 0 heterocycles. The van der Waals surface area contributed by atoms with Gasteiger partial charge < -0.3 is 26.0 Å². The molecule has 0 spiro atoms. The first-order chi connectivity index (χ1) is 15.6. The molecule has 2 atom stereocenters. The van der Waals surface area contributed by atoms with E-state index in [1.807, 2.05) is 20.8 Å². The van der Waals surface area contributed by atoms with Crippen LogP contribution >= 0.6 is 0 Å². The van der Waals surface area contributed by atoms with Gasteiger partial charge in [0.1, 0.15) is 17.7 Å². The van der Waals surface area contributed by atoms with Crippen LogP contribution in [0.1, 0.15) is 72.1 Å². The van der Waals surface area contributed by atoms with Gasteiger partial charge in [-0.2, -0.15) is 0 Å². The van der Waals surface area contributed by atoms with E-state index < -0.39 is 53.5 Å². The fourth-order valence-corrected chi connectivity index (χ4v) is 3.27. The number of carbonyl (C=O) groups excluding carboxylic acids is 4. The molecule has 0 aromatic heterocycles. The molecular weight excluding hydrogens is 436 g/mol. The first-order valence-corrected chi connectivity index (χ1v) is 11.1. The van der Waals surface area contributed by atoms with Gasteiger partial charge >= 0.3 is 6.09 Å². The molecule has 1 rings (SSSR count). The minimum absolute atomic E-state index is 0.0885. The van der Waals surface area contributed by atoms with E-state index in [9.17, 15) is 19.2 Å². The zero-order valence-electron chi connectivity index (χ0n) is 21.0. The standard InChI is InChI=1S/C25H36N4O5/c1-9-16-13-11-12-14-17(16)20(21(31)28-24(3,4)5)29(10-2)22(32)18(15-19(26)30)27-23(33)34-25(6,7)8/h1,11-14,18,20H,10,15H2,2-8H3,(H2,26,30)(H,27,33)(H,28,31). The van der Waals surface area contributed by atoms with E-state index in [4.69, 9.17) is 16.9 Å². The first-order valence-electron chi connectivity index (χ1n) is 11.1. The van der Waals surface area contributed by atoms with Crippen molar-refractivity contribution in [1.29, 1.82) is 0 Å². The maximum atomic E-state index is 13.6. The summed E-state index contributed by atoms with van der Waals surface area (Å²) in [4.78, 5) is 52.4. The summed E-state index contributed by atoms with van der Waals surface area (Å²) in [5.41, 5.74) is 4.81. The second-order valence-corrected chi connectivity index (χ2v) is 9.87. The summed E-state index contributed by atoms with van der Waals surface area (Å²) in [6.45, 7) is 12.2. The molecule has 0 aliphatic carbocycles. The Morgan fingerprint density at radius 1 is 1.12 bits per heavy atom. The summed E-state index contributed by atoms with van der Waals surface area (Å²) in [7, 11) is 0. The quantitative estimate of drug-likeness (QED) is 0.500. The number of primary amides is 1. The van der Waals surface area contributed by atoms with Crippen LogP contribution in [0.15, 0.2) is 24.3 Å². The number of rotatable bonds is 8. The van der Waals surface area contributed by atoms with Crippen molar-refractivity contribution in [2.75, 3.05) is 6.54 Å². The molecule has 0 bridgehead atoms. The van der Waals surface area contributed by atoms with Crippen molar-refractivity contribution in [3.63, 3.8) is 0 Å². The monoisotopic (exact) mass is 472 g/mol. The number of nitrogens with two attached hydrogens (primary N) is 1. The lowest BCUT2D eigenvalue weighted by Gasteiger charge is -2.35. The van der Waals surface area contributed by atoms with Gasteiger partial charge in [0.2, 0.25) is 17.7 Å². The number of nitrogens with one attached hydrogen (secondary N) is 2. The fourth-order valence-electron chi connectivity index (χ4n) is 3.27. The Morgan fingerprint density at radius 3 is 2.18 bits per heavy atom. The van der Waals surface area contributed by atoms with Gasteiger partial charge in [0.25, 0.3) is 0 Å². The van der Waals surface area contributed by atoms with Crippen LogP contribution < -0.4 is 16.4 Å². The highest BCUT2D eigenvalue weighted by Gasteiger charge is 2.37. The molecule has 0 saturated carbocycles. The molecule has 1 aromatic rings. The van der Waals surface area contributed by atoms with Crippen LogP contribution in [0.4, 0.5) is 4.79 Å². The number of alkyl carbamates (subject to hydrolysis) is 1. The van der Waals surface area contributed by atoms with Crippen molar-refractivity contribution in [1.82, 2.24) is 15.5 Å². The normalized spacial score (nSPS) is 13.1. The lowest BCUT2D eigenvalue weighted by atomic mass is 9.96. The summed E-state index contributed by atoms with van der Waals surface area (Å²) in [6, 6.07) is 4.34. The molecule has 1 aromatic carbocycles. The zero-order chi connectivity index (χ0) is 26.3. The van der Waals surface area contributed by atoms with Crippen molar-refractivity contribution in [2.24, 2.45) is 5.73 Å². The minimum atomic E-state index is -1.34. The Bertz CT molecular complexity index is 953. The van der Waals surface area contributed by atoms with Gasteiger partial charge in [-0.05, 0) is 60.1 Å². The number of hydrogen-bond acceptors (Lipinski definition) is 5. The Kier molecular flexibility index (Phi) is 9.68. The molecule has 0 fully saturated rings. The van der Waals surface area contributed by atoms with E-state index in [-0.39, 0.29) is 6.54 Å². The van der Waals surface area contributed by atoms with E-state index in [2.05, 4.69) is 16.6 Å². The first kappa shape index (κ1) is 28.5. The zero-order valence-corrected chi connectivity index (χ0v) is 21.0. The maximum Gasteiger partial charge on any atom is 0.408 e. The highest BCUT2D eigenvalue weighted by Crippen LogP contribution is 2.26. The summed E-state index contributed by atoms with van der Waals surface area (Å²) in [5.74, 6) is 0.617. The smallest absolute Gasteiger partial charge is 0.408 e. The third-order valence-electron chi connectivity index (χ3n) is 4.49. The van der Waals surface area contributed by atoms with Gasteiger partial charge in [-0.1, -0.05) is 24.1 Å². The molecule has 9 nitrogen and oxygen atoms in total. The lowest BCUT2D eigenvalue weighted by molar-refractivity contribution is -0.143. The topological polar surface area (TPSA) is 131 Å². The second-order valence-electron chi connectivity index (χ2n) is 9.87. The number of likely N-dealkylation sites (N-methyl/N-ethyl adjacent to an activating group) is 1. The molecule has 9 heteroatoms. The highest BCUT2D eigenvalue weighted by molar-refractivity contribution is 5.95. The number of ether oxygens (including phenoxy) is 1. The Balaban J connectivity index is 3.49. The molecule has 0 radical (unpaired) electrons. The molecule has 0 aliphatic rings. The largest absolute Gasteiger partial charge is 0.444 e. The molecule has 4 amide bonds. The van der Waals surface area contributed by atoms with E-state index in [1.165, 1.54) is 4.90 Å². The van der Waals surface area contributed by atoms with Crippen LogP contribution in [-0.4, -0.2) is 52.4 Å². The van der Waals surface area contributed by atoms with Crippen LogP contribution in [0, 0.1) is 12.3 Å². The van der Waals surface area contributed by atoms with Gasteiger partial charge in [-0.3, -0.25) is 14.4 Å². The summed E-state index contributed by atoms with van der Waals surface area (Å²) in [6.07, 6.45) is 4.30. The fraction of sp³-hybridized carbons (Fsp3) is 0.520. The number of benzene rings is 1. The van der Waals surface area contributed by atoms with Gasteiger partial charge in [-0.15, -0.1) is 6.42 Å². The molecule has 0 saturated heterocycles. The van der Waals surface area contributed by atoms with Crippen LogP contribution in [0.3, 0.4) is 0 Å². The average Bonchev–Trinajstić information content (AvgIpc) is 2.67. The molecular formula is C25H36N4O5. The predicted octanol–water partition coefficient (Wildman–Crippen LogP) is 2.24. The van der Waals surface area contributed by atoms with Gasteiger partial charge in [0, 0.05) is 17.6 Å². The number of carbonyl (C=O) groups is 4.